The third-order valence-electron chi connectivity index (χ3n) is 12.1. The summed E-state index contributed by atoms with van der Waals surface area (Å²) in [6.07, 6.45) is -0.335. The molecule has 0 saturated heterocycles. The number of nitrogens with one attached hydrogen (secondary N) is 1. The van der Waals surface area contributed by atoms with Crippen molar-refractivity contribution in [3.8, 4) is 44.6 Å². The Balaban J connectivity index is 1.06. The average molecular weight is 757 g/mol. The number of nitrogens with zero attached hydrogens (tertiary/aromatic N) is 3. The van der Waals surface area contributed by atoms with Crippen molar-refractivity contribution in [1.29, 1.82) is 0 Å². The van der Waals surface area contributed by atoms with E-state index in [0.717, 1.165) is 55.8 Å². The third-order valence-corrected chi connectivity index (χ3v) is 12.1. The fraction of sp³-hybridized carbons (Fsp3) is 0.0727. The van der Waals surface area contributed by atoms with E-state index < -0.39 is 0 Å². The first-order valence-corrected chi connectivity index (χ1v) is 20.3. The van der Waals surface area contributed by atoms with Crippen molar-refractivity contribution in [2.75, 3.05) is 0 Å². The van der Waals surface area contributed by atoms with Crippen molar-refractivity contribution in [1.82, 2.24) is 10.3 Å². The molecule has 9 aromatic rings. The number of rotatable bonds is 6. The van der Waals surface area contributed by atoms with Crippen molar-refractivity contribution >= 4 is 33.3 Å². The number of fused-ring (bicyclic) bond motifs is 5. The van der Waals surface area contributed by atoms with Gasteiger partial charge in [0.1, 0.15) is 12.0 Å². The summed E-state index contributed by atoms with van der Waals surface area (Å²) in [5.41, 5.74) is 15.7. The number of hydrogen-bond acceptors (Lipinski definition) is 4. The topological polar surface area (TPSA) is 49.6 Å². The summed E-state index contributed by atoms with van der Waals surface area (Å²) in [6.45, 7) is 4.66. The van der Waals surface area contributed by atoms with Crippen molar-refractivity contribution in [3.63, 3.8) is 0 Å². The highest BCUT2D eigenvalue weighted by atomic mass is 15.2. The molecule has 280 valence electrons. The molecule has 0 radical (unpaired) electrons. The molecule has 1 unspecified atom stereocenters. The number of pyridine rings is 1. The van der Waals surface area contributed by atoms with E-state index in [0.29, 0.717) is 5.84 Å². The summed E-state index contributed by atoms with van der Waals surface area (Å²) in [4.78, 5) is 15.9. The van der Waals surface area contributed by atoms with E-state index in [9.17, 15) is 0 Å². The molecule has 4 nitrogen and oxygen atoms in total. The van der Waals surface area contributed by atoms with Crippen LogP contribution in [0, 0.1) is 0 Å². The van der Waals surface area contributed by atoms with Crippen LogP contribution in [-0.2, 0) is 5.41 Å². The van der Waals surface area contributed by atoms with Gasteiger partial charge in [-0.05, 0) is 97.2 Å². The zero-order chi connectivity index (χ0) is 39.5. The Morgan fingerprint density at radius 3 is 2.00 bits per heavy atom. The van der Waals surface area contributed by atoms with Gasteiger partial charge in [-0.1, -0.05) is 172 Å². The number of benzene rings is 8. The fourth-order valence-electron chi connectivity index (χ4n) is 8.99. The molecule has 1 aromatic heterocycles. The van der Waals surface area contributed by atoms with Gasteiger partial charge in [0.2, 0.25) is 0 Å². The van der Waals surface area contributed by atoms with Gasteiger partial charge in [-0.3, -0.25) is 0 Å². The van der Waals surface area contributed by atoms with E-state index in [4.69, 9.17) is 15.0 Å². The molecule has 8 aromatic carbocycles. The van der Waals surface area contributed by atoms with Crippen LogP contribution < -0.4 is 5.32 Å². The minimum absolute atomic E-state index is 0.139. The average Bonchev–Trinajstić information content (AvgIpc) is 3.53. The molecular weight excluding hydrogens is 717 g/mol. The van der Waals surface area contributed by atoms with Gasteiger partial charge in [0.05, 0.1) is 11.2 Å². The summed E-state index contributed by atoms with van der Waals surface area (Å²) < 4.78 is 0. The van der Waals surface area contributed by atoms with Gasteiger partial charge >= 0.3 is 0 Å². The Labute approximate surface area is 344 Å². The van der Waals surface area contributed by atoms with Gasteiger partial charge in [-0.2, -0.15) is 0 Å². The number of aromatic nitrogens is 1. The van der Waals surface area contributed by atoms with E-state index in [1.54, 1.807) is 0 Å². The molecule has 1 atom stereocenters. The zero-order valence-electron chi connectivity index (χ0n) is 32.9. The van der Waals surface area contributed by atoms with Crippen LogP contribution in [0.1, 0.15) is 47.8 Å². The summed E-state index contributed by atoms with van der Waals surface area (Å²) >= 11 is 0. The predicted molar refractivity (Wildman–Crippen MR) is 245 cm³/mol. The van der Waals surface area contributed by atoms with Crippen LogP contribution in [0.25, 0.3) is 66.3 Å². The maximum atomic E-state index is 5.46. The molecule has 0 bridgehead atoms. The fourth-order valence-corrected chi connectivity index (χ4v) is 8.99. The second-order valence-electron chi connectivity index (χ2n) is 16.1. The second kappa shape index (κ2) is 13.9. The molecule has 1 aliphatic carbocycles. The van der Waals surface area contributed by atoms with Crippen LogP contribution in [-0.4, -0.2) is 16.7 Å². The Hall–Kier alpha value is -7.43. The Bertz CT molecular complexity index is 3160. The maximum absolute atomic E-state index is 5.46. The highest BCUT2D eigenvalue weighted by Gasteiger charge is 2.36. The van der Waals surface area contributed by atoms with Crippen molar-refractivity contribution in [2.45, 2.75) is 25.4 Å². The van der Waals surface area contributed by atoms with Crippen molar-refractivity contribution < 1.29 is 0 Å². The van der Waals surface area contributed by atoms with Gasteiger partial charge in [0, 0.05) is 27.5 Å². The SMILES string of the molecule is CC1(C)c2ccccc2-c2cc3c(-c4ccc5ccccc5c4)cc(-c4cccc(C5=NC(c6cccc(-c7ccccc7)c6)NC(c6ccccc6)=N5)c4)nc3cc21. The zero-order valence-corrected chi connectivity index (χ0v) is 32.9. The molecule has 4 heteroatoms. The van der Waals surface area contributed by atoms with Crippen LogP contribution in [0.2, 0.25) is 0 Å². The van der Waals surface area contributed by atoms with Crippen LogP contribution in [0.15, 0.2) is 204 Å². The first-order chi connectivity index (χ1) is 29.0. The molecule has 1 aliphatic heterocycles. The standard InChI is InChI=1S/C55H40N4/c1-55(2)48-26-12-11-25-44(48)46-32-47-45(40-28-27-36-17-9-10-20-38(36)29-40)33-50(56-51(47)34-49(46)55)41-22-14-24-43(31-41)54-58-52(37-18-7-4-8-19-37)57-53(59-54)42-23-13-21-39(30-42)35-15-5-3-6-16-35/h3-34,53H,1-2H3,(H,57,58,59). The monoisotopic (exact) mass is 756 g/mol. The van der Waals surface area contributed by atoms with E-state index >= 15 is 0 Å². The highest BCUT2D eigenvalue weighted by molar-refractivity contribution is 6.13. The molecule has 11 rings (SSSR count). The Kier molecular flexibility index (Phi) is 8.19. The van der Waals surface area contributed by atoms with Gasteiger partial charge in [0.15, 0.2) is 5.84 Å². The Morgan fingerprint density at radius 1 is 0.458 bits per heavy atom. The molecule has 0 saturated carbocycles. The third kappa shape index (κ3) is 6.12. The van der Waals surface area contributed by atoms with Crippen LogP contribution in [0.5, 0.6) is 0 Å². The molecule has 59 heavy (non-hydrogen) atoms. The quantitative estimate of drug-likeness (QED) is 0.184. The number of hydrogen-bond donors (Lipinski definition) is 1. The predicted octanol–water partition coefficient (Wildman–Crippen LogP) is 13.2. The van der Waals surface area contributed by atoms with E-state index in [1.165, 1.54) is 44.2 Å². The lowest BCUT2D eigenvalue weighted by Gasteiger charge is -2.24. The molecule has 2 aliphatic rings. The van der Waals surface area contributed by atoms with E-state index in [-0.39, 0.29) is 11.6 Å². The molecular formula is C55H40N4. The van der Waals surface area contributed by atoms with E-state index in [1.807, 2.05) is 24.3 Å². The first-order valence-electron chi connectivity index (χ1n) is 20.3. The van der Waals surface area contributed by atoms with Gasteiger partial charge in [0.25, 0.3) is 0 Å². The minimum Gasteiger partial charge on any atom is -0.344 e. The lowest BCUT2D eigenvalue weighted by atomic mass is 9.82. The molecule has 2 heterocycles. The smallest absolute Gasteiger partial charge is 0.159 e. The minimum atomic E-state index is -0.335. The summed E-state index contributed by atoms with van der Waals surface area (Å²) in [7, 11) is 0. The largest absolute Gasteiger partial charge is 0.344 e. The number of amidine groups is 2. The lowest BCUT2D eigenvalue weighted by molar-refractivity contribution is 0.661. The summed E-state index contributed by atoms with van der Waals surface area (Å²) in [5.74, 6) is 1.46. The highest BCUT2D eigenvalue weighted by Crippen LogP contribution is 2.50. The molecule has 1 N–H and O–H groups in total. The number of aliphatic imine (C=N–C) groups is 2. The van der Waals surface area contributed by atoms with Crippen LogP contribution in [0.4, 0.5) is 0 Å². The van der Waals surface area contributed by atoms with E-state index in [2.05, 4.69) is 189 Å². The van der Waals surface area contributed by atoms with Gasteiger partial charge < -0.3 is 5.32 Å². The Morgan fingerprint density at radius 2 is 1.15 bits per heavy atom. The van der Waals surface area contributed by atoms with Crippen molar-refractivity contribution in [2.24, 2.45) is 9.98 Å². The normalized spacial score (nSPS) is 15.3. The molecule has 0 spiro atoms. The van der Waals surface area contributed by atoms with Crippen LogP contribution >= 0.6 is 0 Å². The van der Waals surface area contributed by atoms with Crippen LogP contribution in [0.3, 0.4) is 0 Å². The summed E-state index contributed by atoms with van der Waals surface area (Å²) in [5, 5.41) is 7.24. The maximum Gasteiger partial charge on any atom is 0.159 e. The molecule has 0 fully saturated rings. The first kappa shape index (κ1) is 34.8. The summed E-state index contributed by atoms with van der Waals surface area (Å²) in [6, 6.07) is 69.1. The van der Waals surface area contributed by atoms with Gasteiger partial charge in [-0.25, -0.2) is 15.0 Å². The van der Waals surface area contributed by atoms with Crippen molar-refractivity contribution in [3.05, 3.63) is 222 Å². The molecule has 0 amide bonds. The second-order valence-corrected chi connectivity index (χ2v) is 16.1. The lowest BCUT2D eigenvalue weighted by Crippen LogP contribution is -2.33. The van der Waals surface area contributed by atoms with Gasteiger partial charge in [-0.15, -0.1) is 0 Å².